The van der Waals surface area contributed by atoms with E-state index in [2.05, 4.69) is 10.3 Å². The van der Waals surface area contributed by atoms with Crippen molar-refractivity contribution in [3.05, 3.63) is 83.0 Å². The number of primary sulfonamides is 1. The molecule has 1 heterocycles. The standard InChI is InChI=1S/C20H18ClN3O3S2/c21-17-5-1-2-6-18(17)28-20-16(4-3-12-24-20)19(25)23-13-11-14-7-9-15(10-8-14)29(22,26)27/h1-10,12H,11,13H2,(H,23,25)(H2,22,26,27). The summed E-state index contributed by atoms with van der Waals surface area (Å²) >= 11 is 7.53. The van der Waals surface area contributed by atoms with E-state index >= 15 is 0 Å². The molecule has 9 heteroatoms. The van der Waals surface area contributed by atoms with Gasteiger partial charge in [-0.15, -0.1) is 0 Å². The molecule has 0 radical (unpaired) electrons. The number of rotatable bonds is 7. The highest BCUT2D eigenvalue weighted by Gasteiger charge is 2.14. The van der Waals surface area contributed by atoms with Crippen LogP contribution in [-0.2, 0) is 16.4 Å². The van der Waals surface area contributed by atoms with Crippen LogP contribution >= 0.6 is 23.4 Å². The van der Waals surface area contributed by atoms with Gasteiger partial charge in [-0.05, 0) is 48.4 Å². The van der Waals surface area contributed by atoms with Crippen LogP contribution in [-0.4, -0.2) is 25.9 Å². The number of sulfonamides is 1. The summed E-state index contributed by atoms with van der Waals surface area (Å²) < 4.78 is 22.6. The Morgan fingerprint density at radius 3 is 2.48 bits per heavy atom. The van der Waals surface area contributed by atoms with Gasteiger partial charge < -0.3 is 5.32 Å². The molecule has 0 saturated heterocycles. The summed E-state index contributed by atoms with van der Waals surface area (Å²) in [5, 5.41) is 9.11. The minimum atomic E-state index is -3.71. The van der Waals surface area contributed by atoms with E-state index in [0.717, 1.165) is 10.5 Å². The van der Waals surface area contributed by atoms with Crippen LogP contribution in [0.5, 0.6) is 0 Å². The summed E-state index contributed by atoms with van der Waals surface area (Å²) in [5.41, 5.74) is 1.34. The number of hydrogen-bond acceptors (Lipinski definition) is 5. The number of nitrogens with zero attached hydrogens (tertiary/aromatic N) is 1. The molecule has 150 valence electrons. The van der Waals surface area contributed by atoms with Crippen LogP contribution in [0, 0.1) is 0 Å². The Labute approximate surface area is 178 Å². The quantitative estimate of drug-likeness (QED) is 0.577. The molecular formula is C20H18ClN3O3S2. The first-order valence-electron chi connectivity index (χ1n) is 8.62. The number of nitrogens with one attached hydrogen (secondary N) is 1. The fraction of sp³-hybridized carbons (Fsp3) is 0.100. The van der Waals surface area contributed by atoms with Gasteiger partial charge in [0.05, 0.1) is 15.5 Å². The Balaban J connectivity index is 1.63. The van der Waals surface area contributed by atoms with Crippen LogP contribution in [0.1, 0.15) is 15.9 Å². The van der Waals surface area contributed by atoms with Gasteiger partial charge in [0.25, 0.3) is 5.91 Å². The molecule has 2 aromatic carbocycles. The first-order chi connectivity index (χ1) is 13.8. The summed E-state index contributed by atoms with van der Waals surface area (Å²) in [6.07, 6.45) is 2.17. The third kappa shape index (κ3) is 5.80. The van der Waals surface area contributed by atoms with E-state index in [0.29, 0.717) is 28.6 Å². The molecule has 0 atom stereocenters. The number of pyridine rings is 1. The van der Waals surface area contributed by atoms with E-state index in [4.69, 9.17) is 16.7 Å². The molecule has 0 aliphatic carbocycles. The lowest BCUT2D eigenvalue weighted by atomic mass is 10.1. The van der Waals surface area contributed by atoms with Crippen LogP contribution in [0.4, 0.5) is 0 Å². The molecule has 0 fully saturated rings. The molecule has 0 aliphatic rings. The van der Waals surface area contributed by atoms with Crippen molar-refractivity contribution in [2.45, 2.75) is 21.2 Å². The molecular weight excluding hydrogens is 430 g/mol. The van der Waals surface area contributed by atoms with Crippen LogP contribution < -0.4 is 10.5 Å². The van der Waals surface area contributed by atoms with E-state index < -0.39 is 10.0 Å². The molecule has 6 nitrogen and oxygen atoms in total. The number of carbonyl (C=O) groups is 1. The fourth-order valence-corrected chi connectivity index (χ4v) is 4.21. The number of hydrogen-bond donors (Lipinski definition) is 2. The largest absolute Gasteiger partial charge is 0.352 e. The normalized spacial score (nSPS) is 11.2. The fourth-order valence-electron chi connectivity index (χ4n) is 2.54. The number of benzene rings is 2. The summed E-state index contributed by atoms with van der Waals surface area (Å²) in [5.74, 6) is -0.242. The smallest absolute Gasteiger partial charge is 0.254 e. The molecule has 0 aliphatic heterocycles. The Bertz CT molecular complexity index is 1120. The molecule has 3 N–H and O–H groups in total. The maximum absolute atomic E-state index is 12.6. The Morgan fingerprint density at radius 1 is 1.07 bits per heavy atom. The second-order valence-electron chi connectivity index (χ2n) is 6.08. The number of amides is 1. The first kappa shape index (κ1) is 21.3. The molecule has 0 bridgehead atoms. The van der Waals surface area contributed by atoms with Gasteiger partial charge in [-0.3, -0.25) is 4.79 Å². The monoisotopic (exact) mass is 447 g/mol. The van der Waals surface area contributed by atoms with Crippen LogP contribution in [0.25, 0.3) is 0 Å². The highest BCUT2D eigenvalue weighted by Crippen LogP contribution is 2.33. The van der Waals surface area contributed by atoms with Gasteiger partial charge in [0.1, 0.15) is 5.03 Å². The Morgan fingerprint density at radius 2 is 1.79 bits per heavy atom. The number of nitrogens with two attached hydrogens (primary N) is 1. The lowest BCUT2D eigenvalue weighted by molar-refractivity contribution is 0.0950. The molecule has 0 spiro atoms. The minimum absolute atomic E-state index is 0.0573. The van der Waals surface area contributed by atoms with Crippen molar-refractivity contribution >= 4 is 39.3 Å². The Hall–Kier alpha value is -2.39. The lowest BCUT2D eigenvalue weighted by Gasteiger charge is -2.10. The van der Waals surface area contributed by atoms with Crippen molar-refractivity contribution in [2.24, 2.45) is 5.14 Å². The molecule has 0 unspecified atom stereocenters. The second kappa shape index (κ2) is 9.41. The predicted molar refractivity (Wildman–Crippen MR) is 114 cm³/mol. The van der Waals surface area contributed by atoms with Gasteiger partial charge in [-0.25, -0.2) is 18.5 Å². The number of halogens is 1. The average molecular weight is 448 g/mol. The van der Waals surface area contributed by atoms with E-state index in [-0.39, 0.29) is 10.8 Å². The minimum Gasteiger partial charge on any atom is -0.352 e. The van der Waals surface area contributed by atoms with Gasteiger partial charge in [-0.2, -0.15) is 0 Å². The average Bonchev–Trinajstić information content (AvgIpc) is 2.70. The second-order valence-corrected chi connectivity index (χ2v) is 9.08. The van der Waals surface area contributed by atoms with Crippen molar-refractivity contribution in [3.8, 4) is 0 Å². The van der Waals surface area contributed by atoms with Gasteiger partial charge in [0, 0.05) is 17.6 Å². The first-order valence-corrected chi connectivity index (χ1v) is 11.4. The summed E-state index contributed by atoms with van der Waals surface area (Å²) in [7, 11) is -3.71. The van der Waals surface area contributed by atoms with Crippen molar-refractivity contribution in [1.29, 1.82) is 0 Å². The van der Waals surface area contributed by atoms with E-state index in [1.807, 2.05) is 18.2 Å². The van der Waals surface area contributed by atoms with Crippen LogP contribution in [0.15, 0.2) is 81.7 Å². The molecule has 1 amide bonds. The molecule has 3 aromatic rings. The zero-order valence-corrected chi connectivity index (χ0v) is 17.6. The van der Waals surface area contributed by atoms with Crippen LogP contribution in [0.3, 0.4) is 0 Å². The topological polar surface area (TPSA) is 102 Å². The SMILES string of the molecule is NS(=O)(=O)c1ccc(CCNC(=O)c2cccnc2Sc2ccccc2Cl)cc1. The van der Waals surface area contributed by atoms with Gasteiger partial charge in [0.15, 0.2) is 0 Å². The lowest BCUT2D eigenvalue weighted by Crippen LogP contribution is -2.26. The van der Waals surface area contributed by atoms with Crippen molar-refractivity contribution in [3.63, 3.8) is 0 Å². The summed E-state index contributed by atoms with van der Waals surface area (Å²) in [6.45, 7) is 0.388. The predicted octanol–water partition coefficient (Wildman–Crippen LogP) is 3.51. The van der Waals surface area contributed by atoms with Crippen molar-refractivity contribution in [2.75, 3.05) is 6.54 Å². The maximum Gasteiger partial charge on any atom is 0.254 e. The summed E-state index contributed by atoms with van der Waals surface area (Å²) in [4.78, 5) is 17.8. The summed E-state index contributed by atoms with van der Waals surface area (Å²) in [6, 6.07) is 17.0. The van der Waals surface area contributed by atoms with Gasteiger partial charge >= 0.3 is 0 Å². The van der Waals surface area contributed by atoms with Crippen molar-refractivity contribution < 1.29 is 13.2 Å². The third-order valence-electron chi connectivity index (χ3n) is 4.01. The van der Waals surface area contributed by atoms with Crippen LogP contribution in [0.2, 0.25) is 5.02 Å². The zero-order valence-electron chi connectivity index (χ0n) is 15.2. The maximum atomic E-state index is 12.6. The number of carbonyl (C=O) groups excluding carboxylic acids is 1. The number of aromatic nitrogens is 1. The van der Waals surface area contributed by atoms with Gasteiger partial charge in [0.2, 0.25) is 10.0 Å². The molecule has 3 rings (SSSR count). The van der Waals surface area contributed by atoms with E-state index in [1.165, 1.54) is 23.9 Å². The molecule has 0 saturated carbocycles. The van der Waals surface area contributed by atoms with Crippen molar-refractivity contribution in [1.82, 2.24) is 10.3 Å². The molecule has 29 heavy (non-hydrogen) atoms. The molecule has 1 aromatic heterocycles. The zero-order chi connectivity index (χ0) is 20.9. The van der Waals surface area contributed by atoms with Gasteiger partial charge in [-0.1, -0.05) is 47.6 Å². The Kier molecular flexibility index (Phi) is 6.92. The van der Waals surface area contributed by atoms with E-state index in [9.17, 15) is 13.2 Å². The highest BCUT2D eigenvalue weighted by molar-refractivity contribution is 7.99. The highest BCUT2D eigenvalue weighted by atomic mass is 35.5. The van der Waals surface area contributed by atoms with E-state index in [1.54, 1.807) is 36.5 Å². The third-order valence-corrected chi connectivity index (χ3v) is 6.48.